The first-order chi connectivity index (χ1) is 19.6. The van der Waals surface area contributed by atoms with Crippen molar-refractivity contribution < 1.29 is 19.0 Å². The SMILES string of the molecule is CCCCCCCCOc1ccc(-c2ccc(OCc3ccc(C(=O)O[C@H](C)CCCCCC)cc3)cc2)cc1. The average Bonchev–Trinajstić information content (AvgIpc) is 2.99. The van der Waals surface area contributed by atoms with Gasteiger partial charge in [0.2, 0.25) is 0 Å². The summed E-state index contributed by atoms with van der Waals surface area (Å²) in [6.07, 6.45) is 13.2. The third kappa shape index (κ3) is 11.5. The van der Waals surface area contributed by atoms with E-state index in [9.17, 15) is 4.79 Å². The van der Waals surface area contributed by atoms with E-state index in [1.807, 2.05) is 55.5 Å². The predicted molar refractivity (Wildman–Crippen MR) is 165 cm³/mol. The lowest BCUT2D eigenvalue weighted by atomic mass is 10.1. The molecule has 0 aliphatic carbocycles. The van der Waals surface area contributed by atoms with E-state index in [-0.39, 0.29) is 12.1 Å². The van der Waals surface area contributed by atoms with Crippen LogP contribution >= 0.6 is 0 Å². The molecule has 0 heterocycles. The minimum absolute atomic E-state index is 0.0588. The number of ether oxygens (including phenoxy) is 3. The molecule has 40 heavy (non-hydrogen) atoms. The number of carbonyl (C=O) groups excluding carboxylic acids is 1. The molecular weight excluding hydrogens is 496 g/mol. The number of carbonyl (C=O) groups is 1. The summed E-state index contributed by atoms with van der Waals surface area (Å²) < 4.78 is 17.5. The molecule has 0 saturated heterocycles. The number of rotatable bonds is 19. The van der Waals surface area contributed by atoms with E-state index in [0.717, 1.165) is 54.1 Å². The van der Waals surface area contributed by atoms with Crippen LogP contribution in [0.2, 0.25) is 0 Å². The highest BCUT2D eigenvalue weighted by molar-refractivity contribution is 5.89. The first-order valence-corrected chi connectivity index (χ1v) is 15.3. The average molecular weight is 545 g/mol. The fraction of sp³-hybridized carbons (Fsp3) is 0.472. The van der Waals surface area contributed by atoms with Gasteiger partial charge in [-0.15, -0.1) is 0 Å². The molecule has 0 fully saturated rings. The van der Waals surface area contributed by atoms with Gasteiger partial charge in [0.1, 0.15) is 18.1 Å². The van der Waals surface area contributed by atoms with Gasteiger partial charge in [-0.2, -0.15) is 0 Å². The van der Waals surface area contributed by atoms with E-state index in [1.54, 1.807) is 0 Å². The monoisotopic (exact) mass is 544 g/mol. The molecule has 0 aromatic heterocycles. The van der Waals surface area contributed by atoms with Crippen molar-refractivity contribution in [1.82, 2.24) is 0 Å². The second-order valence-corrected chi connectivity index (χ2v) is 10.7. The zero-order valence-electron chi connectivity index (χ0n) is 24.8. The highest BCUT2D eigenvalue weighted by atomic mass is 16.5. The Hall–Kier alpha value is -3.27. The van der Waals surface area contributed by atoms with Gasteiger partial charge in [0.05, 0.1) is 18.3 Å². The van der Waals surface area contributed by atoms with E-state index in [0.29, 0.717) is 12.2 Å². The molecule has 0 aliphatic rings. The van der Waals surface area contributed by atoms with Gasteiger partial charge in [-0.25, -0.2) is 4.79 Å². The maximum Gasteiger partial charge on any atom is 0.338 e. The lowest BCUT2D eigenvalue weighted by molar-refractivity contribution is 0.0319. The Balaban J connectivity index is 1.39. The van der Waals surface area contributed by atoms with Gasteiger partial charge in [-0.05, 0) is 79.3 Å². The van der Waals surface area contributed by atoms with Crippen LogP contribution in [0.5, 0.6) is 11.5 Å². The largest absolute Gasteiger partial charge is 0.494 e. The molecule has 0 N–H and O–H groups in total. The molecule has 3 aromatic carbocycles. The summed E-state index contributed by atoms with van der Waals surface area (Å²) in [6.45, 7) is 7.63. The Morgan fingerprint density at radius 2 is 1.15 bits per heavy atom. The molecule has 1 atom stereocenters. The molecule has 0 radical (unpaired) electrons. The van der Waals surface area contributed by atoms with Crippen molar-refractivity contribution in [3.8, 4) is 22.6 Å². The number of benzene rings is 3. The lowest BCUT2D eigenvalue weighted by Crippen LogP contribution is -2.15. The molecule has 0 unspecified atom stereocenters. The van der Waals surface area contributed by atoms with Gasteiger partial charge in [0, 0.05) is 0 Å². The van der Waals surface area contributed by atoms with Crippen LogP contribution in [0.15, 0.2) is 72.8 Å². The number of unbranched alkanes of at least 4 members (excludes halogenated alkanes) is 8. The van der Waals surface area contributed by atoms with E-state index < -0.39 is 0 Å². The summed E-state index contributed by atoms with van der Waals surface area (Å²) in [6, 6.07) is 23.9. The summed E-state index contributed by atoms with van der Waals surface area (Å²) >= 11 is 0. The van der Waals surface area contributed by atoms with Crippen molar-refractivity contribution in [3.05, 3.63) is 83.9 Å². The van der Waals surface area contributed by atoms with Gasteiger partial charge < -0.3 is 14.2 Å². The molecule has 0 saturated carbocycles. The fourth-order valence-corrected chi connectivity index (χ4v) is 4.63. The van der Waals surface area contributed by atoms with Gasteiger partial charge >= 0.3 is 5.97 Å². The predicted octanol–water partition coefficient (Wildman–Crippen LogP) is 10.2. The third-order valence-corrected chi connectivity index (χ3v) is 7.18. The normalized spacial score (nSPS) is 11.7. The highest BCUT2D eigenvalue weighted by Crippen LogP contribution is 2.25. The van der Waals surface area contributed by atoms with Crippen LogP contribution in [0.25, 0.3) is 11.1 Å². The molecule has 4 heteroatoms. The molecule has 216 valence electrons. The minimum atomic E-state index is -0.261. The Kier molecular flexibility index (Phi) is 14.2. The van der Waals surface area contributed by atoms with Gasteiger partial charge in [-0.3, -0.25) is 0 Å². The summed E-state index contributed by atoms with van der Waals surface area (Å²) in [5.41, 5.74) is 3.87. The molecule has 3 rings (SSSR count). The maximum atomic E-state index is 12.4. The first-order valence-electron chi connectivity index (χ1n) is 15.3. The number of esters is 1. The summed E-state index contributed by atoms with van der Waals surface area (Å²) in [5, 5.41) is 0. The molecule has 3 aromatic rings. The van der Waals surface area contributed by atoms with Crippen molar-refractivity contribution in [2.24, 2.45) is 0 Å². The molecule has 0 aliphatic heterocycles. The summed E-state index contributed by atoms with van der Waals surface area (Å²) in [7, 11) is 0. The van der Waals surface area contributed by atoms with Crippen molar-refractivity contribution in [2.75, 3.05) is 6.61 Å². The standard InChI is InChI=1S/C36H48O4/c1-4-6-8-10-11-13-27-38-34-23-19-31(20-24-34)32-21-25-35(26-22-32)39-28-30-15-17-33(18-16-30)36(37)40-29(3)14-12-9-7-5-2/h15-26,29H,4-14,27-28H2,1-3H3/t29-/m1/s1. The molecule has 0 amide bonds. The van der Waals surface area contributed by atoms with Crippen molar-refractivity contribution in [3.63, 3.8) is 0 Å². The van der Waals surface area contributed by atoms with Crippen LogP contribution in [0.4, 0.5) is 0 Å². The van der Waals surface area contributed by atoms with Gasteiger partial charge in [0.15, 0.2) is 0 Å². The Morgan fingerprint density at radius 1 is 0.625 bits per heavy atom. The lowest BCUT2D eigenvalue weighted by Gasteiger charge is -2.13. The van der Waals surface area contributed by atoms with Crippen LogP contribution < -0.4 is 9.47 Å². The van der Waals surface area contributed by atoms with Crippen LogP contribution in [0.1, 0.15) is 107 Å². The van der Waals surface area contributed by atoms with E-state index in [1.165, 1.54) is 51.4 Å². The first kappa shape index (κ1) is 31.3. The number of hydrogen-bond acceptors (Lipinski definition) is 4. The Morgan fingerprint density at radius 3 is 1.75 bits per heavy atom. The van der Waals surface area contributed by atoms with E-state index in [4.69, 9.17) is 14.2 Å². The Bertz CT molecular complexity index is 1090. The second-order valence-electron chi connectivity index (χ2n) is 10.7. The van der Waals surface area contributed by atoms with Crippen molar-refractivity contribution in [1.29, 1.82) is 0 Å². The maximum absolute atomic E-state index is 12.4. The quantitative estimate of drug-likeness (QED) is 0.111. The summed E-state index contributed by atoms with van der Waals surface area (Å²) in [4.78, 5) is 12.4. The number of hydrogen-bond donors (Lipinski definition) is 0. The second kappa shape index (κ2) is 18.1. The van der Waals surface area contributed by atoms with Crippen LogP contribution in [-0.4, -0.2) is 18.7 Å². The van der Waals surface area contributed by atoms with E-state index in [2.05, 4.69) is 38.1 Å². The van der Waals surface area contributed by atoms with Crippen molar-refractivity contribution >= 4 is 5.97 Å². The molecule has 0 bridgehead atoms. The fourth-order valence-electron chi connectivity index (χ4n) is 4.63. The van der Waals surface area contributed by atoms with Gasteiger partial charge in [0.25, 0.3) is 0 Å². The molecule has 4 nitrogen and oxygen atoms in total. The topological polar surface area (TPSA) is 44.8 Å². The Labute approximate surface area is 242 Å². The smallest absolute Gasteiger partial charge is 0.338 e. The summed E-state index contributed by atoms with van der Waals surface area (Å²) in [5.74, 6) is 1.47. The zero-order valence-corrected chi connectivity index (χ0v) is 24.8. The minimum Gasteiger partial charge on any atom is -0.494 e. The van der Waals surface area contributed by atoms with Crippen LogP contribution in [0.3, 0.4) is 0 Å². The molecule has 0 spiro atoms. The van der Waals surface area contributed by atoms with Crippen LogP contribution in [0, 0.1) is 0 Å². The van der Waals surface area contributed by atoms with E-state index >= 15 is 0 Å². The van der Waals surface area contributed by atoms with Gasteiger partial charge in [-0.1, -0.05) is 102 Å². The third-order valence-electron chi connectivity index (χ3n) is 7.18. The van der Waals surface area contributed by atoms with Crippen molar-refractivity contribution in [2.45, 2.75) is 104 Å². The highest BCUT2D eigenvalue weighted by Gasteiger charge is 2.12. The zero-order chi connectivity index (χ0) is 28.4. The molecular formula is C36H48O4. The van der Waals surface area contributed by atoms with Crippen LogP contribution in [-0.2, 0) is 11.3 Å².